The van der Waals surface area contributed by atoms with Gasteiger partial charge in [-0.15, -0.1) is 11.3 Å². The van der Waals surface area contributed by atoms with Gasteiger partial charge in [-0.3, -0.25) is 14.0 Å². The van der Waals surface area contributed by atoms with E-state index in [1.807, 2.05) is 24.3 Å². The van der Waals surface area contributed by atoms with Gasteiger partial charge in [-0.2, -0.15) is 0 Å². The molecule has 1 fully saturated rings. The number of thiazole rings is 1. The Hall–Kier alpha value is -2.55. The summed E-state index contributed by atoms with van der Waals surface area (Å²) in [6.45, 7) is 1.53. The van der Waals surface area contributed by atoms with Crippen LogP contribution < -0.4 is 10.7 Å². The molecule has 0 bridgehead atoms. The smallest absolute Gasteiger partial charge is 0.258 e. The Kier molecular flexibility index (Phi) is 5.16. The van der Waals surface area contributed by atoms with Gasteiger partial charge in [0, 0.05) is 12.6 Å². The van der Waals surface area contributed by atoms with Gasteiger partial charge in [0.05, 0.1) is 15.6 Å². The third-order valence-corrected chi connectivity index (χ3v) is 7.40. The van der Waals surface area contributed by atoms with Crippen molar-refractivity contribution >= 4 is 54.9 Å². The van der Waals surface area contributed by atoms with Gasteiger partial charge >= 0.3 is 0 Å². The Morgan fingerprint density at radius 1 is 1.39 bits per heavy atom. The average molecular weight is 459 g/mol. The molecule has 5 rings (SSSR count). The zero-order valence-electron chi connectivity index (χ0n) is 16.8. The maximum atomic E-state index is 14.2. The van der Waals surface area contributed by atoms with E-state index in [2.05, 4.69) is 22.2 Å². The summed E-state index contributed by atoms with van der Waals surface area (Å²) in [4.78, 5) is 33.3. The van der Waals surface area contributed by atoms with Gasteiger partial charge in [0.15, 0.2) is 16.6 Å². The predicted octanol–water partition coefficient (Wildman–Crippen LogP) is 4.07. The predicted molar refractivity (Wildman–Crippen MR) is 122 cm³/mol. The van der Waals surface area contributed by atoms with Gasteiger partial charge in [0.1, 0.15) is 10.4 Å². The number of aromatic nitrogens is 2. The van der Waals surface area contributed by atoms with Crippen molar-refractivity contribution in [3.05, 3.63) is 57.1 Å². The Bertz CT molecular complexity index is 1400. The summed E-state index contributed by atoms with van der Waals surface area (Å²) >= 11 is 7.25. The lowest BCUT2D eigenvalue weighted by Gasteiger charge is -2.19. The van der Waals surface area contributed by atoms with Gasteiger partial charge in [-0.25, -0.2) is 9.37 Å². The highest BCUT2D eigenvalue weighted by Crippen LogP contribution is 2.31. The second kappa shape index (κ2) is 7.85. The van der Waals surface area contributed by atoms with Crippen molar-refractivity contribution in [3.8, 4) is 0 Å². The van der Waals surface area contributed by atoms with E-state index in [1.165, 1.54) is 11.3 Å². The Morgan fingerprint density at radius 3 is 2.97 bits per heavy atom. The van der Waals surface area contributed by atoms with Crippen LogP contribution in [-0.4, -0.2) is 46.4 Å². The number of hydrogen-bond acceptors (Lipinski definition) is 5. The number of likely N-dealkylation sites (tertiary alicyclic amines) is 1. The highest BCUT2D eigenvalue weighted by molar-refractivity contribution is 7.24. The van der Waals surface area contributed by atoms with Crippen LogP contribution in [0.2, 0.25) is 5.15 Å². The summed E-state index contributed by atoms with van der Waals surface area (Å²) in [6, 6.07) is 9.03. The Balaban J connectivity index is 1.64. The van der Waals surface area contributed by atoms with Crippen molar-refractivity contribution in [2.75, 3.05) is 20.1 Å². The van der Waals surface area contributed by atoms with Crippen molar-refractivity contribution in [2.45, 2.75) is 25.3 Å². The van der Waals surface area contributed by atoms with Crippen LogP contribution in [0.1, 0.15) is 29.6 Å². The van der Waals surface area contributed by atoms with E-state index in [-0.39, 0.29) is 21.7 Å². The topological polar surface area (TPSA) is 66.7 Å². The SMILES string of the molecule is CN1CCCC1CCNC(=O)c1c(=O)c2cc(F)c(Cl)nc2n2c1sc1ccccc12. The van der Waals surface area contributed by atoms with Crippen molar-refractivity contribution < 1.29 is 9.18 Å². The molecule has 1 amide bonds. The summed E-state index contributed by atoms with van der Waals surface area (Å²) in [5, 5.41) is 2.62. The molecule has 1 aliphatic heterocycles. The molecule has 1 atom stereocenters. The summed E-state index contributed by atoms with van der Waals surface area (Å²) in [7, 11) is 2.09. The number of halogens is 2. The molecule has 160 valence electrons. The van der Waals surface area contributed by atoms with Crippen LogP contribution in [-0.2, 0) is 0 Å². The number of para-hydroxylation sites is 1. The van der Waals surface area contributed by atoms with Crippen LogP contribution >= 0.6 is 22.9 Å². The third-order valence-electron chi connectivity index (χ3n) is 5.99. The standard InChI is InChI=1S/C22H20ClFN4O2S/c1-27-10-4-5-12(27)8-9-25-21(30)17-18(29)13-11-14(24)19(23)26-20(13)28-15-6-2-3-7-16(15)31-22(17)28/h2-3,6-7,11-12H,4-5,8-10H2,1H3,(H,25,30). The zero-order chi connectivity index (χ0) is 21.7. The molecule has 1 unspecified atom stereocenters. The van der Waals surface area contributed by atoms with Gasteiger partial charge in [-0.1, -0.05) is 23.7 Å². The number of amides is 1. The lowest BCUT2D eigenvalue weighted by atomic mass is 10.1. The normalized spacial score (nSPS) is 17.2. The van der Waals surface area contributed by atoms with Crippen molar-refractivity contribution in [1.82, 2.24) is 19.6 Å². The highest BCUT2D eigenvalue weighted by atomic mass is 35.5. The van der Waals surface area contributed by atoms with Crippen LogP contribution in [0, 0.1) is 5.82 Å². The van der Waals surface area contributed by atoms with Crippen LogP contribution in [0.15, 0.2) is 35.1 Å². The van der Waals surface area contributed by atoms with Crippen LogP contribution in [0.25, 0.3) is 26.1 Å². The molecule has 6 nitrogen and oxygen atoms in total. The van der Waals surface area contributed by atoms with Gasteiger partial charge < -0.3 is 10.2 Å². The van der Waals surface area contributed by atoms with Gasteiger partial charge in [0.2, 0.25) is 5.43 Å². The number of carbonyl (C=O) groups is 1. The molecular formula is C22H20ClFN4O2S. The number of rotatable bonds is 4. The molecule has 1 N–H and O–H groups in total. The van der Waals surface area contributed by atoms with E-state index in [0.717, 1.165) is 42.1 Å². The highest BCUT2D eigenvalue weighted by Gasteiger charge is 2.25. The number of nitrogens with zero attached hydrogens (tertiary/aromatic N) is 3. The van der Waals surface area contributed by atoms with Crippen LogP contribution in [0.5, 0.6) is 0 Å². The molecule has 1 aromatic carbocycles. The lowest BCUT2D eigenvalue weighted by molar-refractivity contribution is 0.0951. The molecule has 1 aliphatic rings. The van der Waals surface area contributed by atoms with Gasteiger partial charge in [0.25, 0.3) is 5.91 Å². The fraction of sp³-hybridized carbons (Fsp3) is 0.318. The van der Waals surface area contributed by atoms with Crippen molar-refractivity contribution in [3.63, 3.8) is 0 Å². The fourth-order valence-electron chi connectivity index (χ4n) is 4.37. The third kappa shape index (κ3) is 3.39. The van der Waals surface area contributed by atoms with E-state index in [1.54, 1.807) is 4.40 Å². The second-order valence-corrected chi connectivity index (χ2v) is 9.26. The number of carbonyl (C=O) groups excluding carboxylic acids is 1. The number of pyridine rings is 2. The van der Waals surface area contributed by atoms with Gasteiger partial charge in [-0.05, 0) is 51.1 Å². The molecule has 1 saturated heterocycles. The minimum absolute atomic E-state index is 0.0111. The van der Waals surface area contributed by atoms with Crippen molar-refractivity contribution in [2.24, 2.45) is 0 Å². The first-order chi connectivity index (χ1) is 15.0. The first-order valence-electron chi connectivity index (χ1n) is 10.2. The Labute approximate surface area is 186 Å². The molecule has 9 heteroatoms. The maximum absolute atomic E-state index is 14.2. The molecule has 0 spiro atoms. The molecular weight excluding hydrogens is 439 g/mol. The molecule has 0 aliphatic carbocycles. The zero-order valence-corrected chi connectivity index (χ0v) is 18.4. The van der Waals surface area contributed by atoms with Crippen molar-refractivity contribution in [1.29, 1.82) is 0 Å². The average Bonchev–Trinajstić information content (AvgIpc) is 3.33. The number of fused-ring (bicyclic) bond motifs is 5. The monoisotopic (exact) mass is 458 g/mol. The maximum Gasteiger partial charge on any atom is 0.258 e. The fourth-order valence-corrected chi connectivity index (χ4v) is 5.69. The first kappa shape index (κ1) is 20.4. The van der Waals surface area contributed by atoms with Crippen LogP contribution in [0.3, 0.4) is 0 Å². The molecule has 4 aromatic rings. The van der Waals surface area contributed by atoms with E-state index >= 15 is 0 Å². The number of hydrogen-bond donors (Lipinski definition) is 1. The second-order valence-electron chi connectivity index (χ2n) is 7.87. The van der Waals surface area contributed by atoms with Crippen LogP contribution in [0.4, 0.5) is 4.39 Å². The van der Waals surface area contributed by atoms with E-state index in [4.69, 9.17) is 11.6 Å². The number of benzene rings is 1. The van der Waals surface area contributed by atoms with E-state index < -0.39 is 17.2 Å². The summed E-state index contributed by atoms with van der Waals surface area (Å²) < 4.78 is 16.8. The van der Waals surface area contributed by atoms with E-state index in [9.17, 15) is 14.0 Å². The molecule has 0 saturated carbocycles. The molecule has 31 heavy (non-hydrogen) atoms. The number of nitrogens with one attached hydrogen (secondary N) is 1. The molecule has 0 radical (unpaired) electrons. The molecule has 4 heterocycles. The summed E-state index contributed by atoms with van der Waals surface area (Å²) in [5.41, 5.74) is 0.495. The summed E-state index contributed by atoms with van der Waals surface area (Å²) in [5.74, 6) is -1.24. The Morgan fingerprint density at radius 2 is 2.19 bits per heavy atom. The lowest BCUT2D eigenvalue weighted by Crippen LogP contribution is -2.34. The van der Waals surface area contributed by atoms with E-state index in [0.29, 0.717) is 17.4 Å². The largest absolute Gasteiger partial charge is 0.352 e. The minimum Gasteiger partial charge on any atom is -0.352 e. The first-order valence-corrected chi connectivity index (χ1v) is 11.4. The molecule has 3 aromatic heterocycles. The quantitative estimate of drug-likeness (QED) is 0.468. The minimum atomic E-state index is -0.790. The summed E-state index contributed by atoms with van der Waals surface area (Å²) in [6.07, 6.45) is 3.08.